The van der Waals surface area contributed by atoms with Crippen molar-refractivity contribution in [3.8, 4) is 5.75 Å². The van der Waals surface area contributed by atoms with E-state index < -0.39 is 0 Å². The van der Waals surface area contributed by atoms with E-state index in [9.17, 15) is 4.79 Å². The molecule has 2 rings (SSSR count). The number of nitrogens with zero attached hydrogens (tertiary/aromatic N) is 1. The van der Waals surface area contributed by atoms with Crippen LogP contribution in [-0.2, 0) is 4.79 Å². The van der Waals surface area contributed by atoms with Crippen LogP contribution in [0.3, 0.4) is 0 Å². The van der Waals surface area contributed by atoms with Crippen LogP contribution in [0.5, 0.6) is 5.75 Å². The number of amides is 1. The maximum atomic E-state index is 11.7. The number of benzene rings is 1. The van der Waals surface area contributed by atoms with Crippen molar-refractivity contribution in [3.05, 3.63) is 30.5 Å². The lowest BCUT2D eigenvalue weighted by Gasteiger charge is -2.10. The second-order valence-corrected chi connectivity index (χ2v) is 5.65. The van der Waals surface area contributed by atoms with E-state index in [-0.39, 0.29) is 11.9 Å². The second kappa shape index (κ2) is 6.61. The number of nitrogens with one attached hydrogen (secondary N) is 1. The smallest absolute Gasteiger partial charge is 0.230 e. The molecule has 4 nitrogen and oxygen atoms in total. The highest BCUT2D eigenvalue weighted by molar-refractivity contribution is 8.00. The highest BCUT2D eigenvalue weighted by Crippen LogP contribution is 2.31. The molecule has 0 bridgehead atoms. The molecule has 0 saturated heterocycles. The fraction of sp³-hybridized carbons (Fsp3) is 0.333. The predicted octanol–water partition coefficient (Wildman–Crippen LogP) is 2.86. The summed E-state index contributed by atoms with van der Waals surface area (Å²) in [5.74, 6) is 1.20. The van der Waals surface area contributed by atoms with E-state index in [2.05, 4.69) is 10.3 Å². The van der Waals surface area contributed by atoms with Crippen LogP contribution in [0, 0.1) is 0 Å². The largest absolute Gasteiger partial charge is 0.496 e. The molecule has 0 atom stereocenters. The van der Waals surface area contributed by atoms with Crippen molar-refractivity contribution in [2.75, 3.05) is 12.9 Å². The van der Waals surface area contributed by atoms with E-state index in [1.807, 2.05) is 38.1 Å². The number of aromatic nitrogens is 1. The molecular weight excluding hydrogens is 272 g/mol. The second-order valence-electron chi connectivity index (χ2n) is 4.68. The Morgan fingerprint density at radius 3 is 2.85 bits per heavy atom. The van der Waals surface area contributed by atoms with Gasteiger partial charge < -0.3 is 10.1 Å². The first kappa shape index (κ1) is 14.7. The minimum absolute atomic E-state index is 0.0201. The molecule has 106 valence electrons. The summed E-state index contributed by atoms with van der Waals surface area (Å²) >= 11 is 1.44. The number of fused-ring (bicyclic) bond motifs is 1. The van der Waals surface area contributed by atoms with Crippen LogP contribution in [-0.4, -0.2) is 29.8 Å². The lowest BCUT2D eigenvalue weighted by molar-refractivity contribution is -0.119. The summed E-state index contributed by atoms with van der Waals surface area (Å²) in [6.07, 6.45) is 1.74. The van der Waals surface area contributed by atoms with E-state index in [0.29, 0.717) is 5.75 Å². The maximum absolute atomic E-state index is 11.7. The average molecular weight is 290 g/mol. The molecular formula is C15H18N2O2S. The number of carbonyl (C=O) groups is 1. The van der Waals surface area contributed by atoms with Gasteiger partial charge in [-0.1, -0.05) is 23.9 Å². The average Bonchev–Trinajstić information content (AvgIpc) is 2.43. The molecule has 0 fully saturated rings. The zero-order valence-electron chi connectivity index (χ0n) is 11.8. The van der Waals surface area contributed by atoms with Gasteiger partial charge >= 0.3 is 0 Å². The molecule has 20 heavy (non-hydrogen) atoms. The zero-order valence-corrected chi connectivity index (χ0v) is 12.7. The molecule has 0 unspecified atom stereocenters. The predicted molar refractivity (Wildman–Crippen MR) is 82.3 cm³/mol. The van der Waals surface area contributed by atoms with E-state index >= 15 is 0 Å². The first-order valence-corrected chi connectivity index (χ1v) is 7.44. The minimum atomic E-state index is 0.0201. The molecule has 0 spiro atoms. The van der Waals surface area contributed by atoms with Crippen molar-refractivity contribution in [1.82, 2.24) is 10.3 Å². The summed E-state index contributed by atoms with van der Waals surface area (Å²) in [5.41, 5.74) is 0. The molecule has 5 heteroatoms. The van der Waals surface area contributed by atoms with Gasteiger partial charge in [-0.3, -0.25) is 4.79 Å². The third kappa shape index (κ3) is 3.42. The van der Waals surface area contributed by atoms with E-state index in [0.717, 1.165) is 21.5 Å². The van der Waals surface area contributed by atoms with Crippen LogP contribution in [0.4, 0.5) is 0 Å². The molecule has 2 aromatic rings. The fourth-order valence-electron chi connectivity index (χ4n) is 1.94. The van der Waals surface area contributed by atoms with E-state index in [1.54, 1.807) is 13.3 Å². The van der Waals surface area contributed by atoms with Gasteiger partial charge in [-0.25, -0.2) is 4.98 Å². The van der Waals surface area contributed by atoms with Gasteiger partial charge in [0.15, 0.2) is 0 Å². The third-order valence-electron chi connectivity index (χ3n) is 2.74. The molecule has 0 saturated carbocycles. The molecule has 0 aliphatic heterocycles. The Labute approximate surface area is 122 Å². The van der Waals surface area contributed by atoms with E-state index in [1.165, 1.54) is 11.8 Å². The van der Waals surface area contributed by atoms with Crippen LogP contribution >= 0.6 is 11.8 Å². The number of thioether (sulfide) groups is 1. The quantitative estimate of drug-likeness (QED) is 0.860. The lowest BCUT2D eigenvalue weighted by Crippen LogP contribution is -2.31. The summed E-state index contributed by atoms with van der Waals surface area (Å²) in [7, 11) is 1.65. The van der Waals surface area contributed by atoms with Gasteiger partial charge in [0.1, 0.15) is 10.8 Å². The van der Waals surface area contributed by atoms with Crippen molar-refractivity contribution in [3.63, 3.8) is 0 Å². The van der Waals surface area contributed by atoms with Gasteiger partial charge in [0.2, 0.25) is 5.91 Å². The van der Waals surface area contributed by atoms with Gasteiger partial charge in [0.05, 0.1) is 12.9 Å². The number of carbonyl (C=O) groups excluding carboxylic acids is 1. The molecule has 0 radical (unpaired) electrons. The fourth-order valence-corrected chi connectivity index (χ4v) is 2.76. The number of hydrogen-bond acceptors (Lipinski definition) is 4. The first-order valence-electron chi connectivity index (χ1n) is 6.45. The highest BCUT2D eigenvalue weighted by atomic mass is 32.2. The maximum Gasteiger partial charge on any atom is 0.230 e. The number of hydrogen-bond donors (Lipinski definition) is 1. The van der Waals surface area contributed by atoms with Gasteiger partial charge in [-0.2, -0.15) is 0 Å². The van der Waals surface area contributed by atoms with Crippen molar-refractivity contribution >= 4 is 28.4 Å². The highest BCUT2D eigenvalue weighted by Gasteiger charge is 2.09. The number of methoxy groups -OCH3 is 1. The SMILES string of the molecule is COc1cccc2c(SCC(=O)NC(C)C)nccc12. The van der Waals surface area contributed by atoms with Crippen LogP contribution in [0.2, 0.25) is 0 Å². The third-order valence-corrected chi connectivity index (χ3v) is 3.74. The van der Waals surface area contributed by atoms with Gasteiger partial charge in [-0.15, -0.1) is 0 Å². The summed E-state index contributed by atoms with van der Waals surface area (Å²) < 4.78 is 5.34. The Bertz CT molecular complexity index is 614. The Kier molecular flexibility index (Phi) is 4.84. The molecule has 1 aromatic heterocycles. The van der Waals surface area contributed by atoms with Crippen molar-refractivity contribution in [2.45, 2.75) is 24.9 Å². The summed E-state index contributed by atoms with van der Waals surface area (Å²) in [5, 5.41) is 5.74. The van der Waals surface area contributed by atoms with Crippen LogP contribution in [0.25, 0.3) is 10.8 Å². The van der Waals surface area contributed by atoms with Crippen LogP contribution < -0.4 is 10.1 Å². The zero-order chi connectivity index (χ0) is 14.5. The number of pyridine rings is 1. The summed E-state index contributed by atoms with van der Waals surface area (Å²) in [6, 6.07) is 7.92. The van der Waals surface area contributed by atoms with E-state index in [4.69, 9.17) is 4.74 Å². The Morgan fingerprint density at radius 2 is 2.15 bits per heavy atom. The number of rotatable bonds is 5. The van der Waals surface area contributed by atoms with Crippen molar-refractivity contribution in [2.24, 2.45) is 0 Å². The Balaban J connectivity index is 2.20. The van der Waals surface area contributed by atoms with Crippen LogP contribution in [0.1, 0.15) is 13.8 Å². The topological polar surface area (TPSA) is 51.2 Å². The van der Waals surface area contributed by atoms with Crippen molar-refractivity contribution in [1.29, 1.82) is 0 Å². The van der Waals surface area contributed by atoms with Gasteiger partial charge in [0.25, 0.3) is 0 Å². The Morgan fingerprint density at radius 1 is 1.35 bits per heavy atom. The Hall–Kier alpha value is -1.75. The summed E-state index contributed by atoms with van der Waals surface area (Å²) in [4.78, 5) is 16.1. The molecule has 0 aliphatic carbocycles. The van der Waals surface area contributed by atoms with Crippen molar-refractivity contribution < 1.29 is 9.53 Å². The number of ether oxygens (including phenoxy) is 1. The molecule has 1 N–H and O–H groups in total. The minimum Gasteiger partial charge on any atom is -0.496 e. The molecule has 0 aliphatic rings. The lowest BCUT2D eigenvalue weighted by atomic mass is 10.1. The van der Waals surface area contributed by atoms with Gasteiger partial charge in [-0.05, 0) is 26.0 Å². The molecule has 1 aromatic carbocycles. The molecule has 1 heterocycles. The molecule has 1 amide bonds. The monoisotopic (exact) mass is 290 g/mol. The van der Waals surface area contributed by atoms with Crippen LogP contribution in [0.15, 0.2) is 35.5 Å². The normalized spacial score (nSPS) is 10.8. The summed E-state index contributed by atoms with van der Waals surface area (Å²) in [6.45, 7) is 3.90. The van der Waals surface area contributed by atoms with Gasteiger partial charge in [0, 0.05) is 23.0 Å². The first-order chi connectivity index (χ1) is 9.61. The standard InChI is InChI=1S/C15H18N2O2S/c1-10(2)17-14(18)9-20-15-12-5-4-6-13(19-3)11(12)7-8-16-15/h4-8,10H,9H2,1-3H3,(H,17,18).